The average molecular weight is 463 g/mol. The Bertz CT molecular complexity index is 1320. The molecule has 1 heterocycles. The first-order chi connectivity index (χ1) is 16.4. The molecule has 3 aromatic carbocycles. The van der Waals surface area contributed by atoms with Crippen molar-refractivity contribution in [2.75, 3.05) is 33.3 Å². The summed E-state index contributed by atoms with van der Waals surface area (Å²) in [5.41, 5.74) is 4.55. The van der Waals surface area contributed by atoms with E-state index in [1.807, 2.05) is 32.0 Å². The molecule has 34 heavy (non-hydrogen) atoms. The highest BCUT2D eigenvalue weighted by molar-refractivity contribution is 5.94. The maximum absolute atomic E-state index is 12.4. The van der Waals surface area contributed by atoms with Gasteiger partial charge in [0.15, 0.2) is 23.7 Å². The van der Waals surface area contributed by atoms with Crippen LogP contribution in [0.2, 0.25) is 0 Å². The van der Waals surface area contributed by atoms with Crippen LogP contribution >= 0.6 is 0 Å². The molecule has 0 aliphatic heterocycles. The number of fused-ring (bicyclic) bond motifs is 1. The maximum Gasteiger partial charge on any atom is 0.262 e. The largest absolute Gasteiger partial charge is 0.493 e. The maximum atomic E-state index is 12.4. The number of aryl methyl sites for hydroxylation is 1. The van der Waals surface area contributed by atoms with Crippen LogP contribution in [0, 0.1) is 13.8 Å². The third-order valence-electron chi connectivity index (χ3n) is 5.50. The number of nitrogens with one attached hydrogen (secondary N) is 1. The van der Waals surface area contributed by atoms with Gasteiger partial charge in [0.05, 0.1) is 21.3 Å². The number of benzene rings is 3. The highest BCUT2D eigenvalue weighted by atomic mass is 16.5. The van der Waals surface area contributed by atoms with Crippen LogP contribution in [0.25, 0.3) is 22.6 Å². The summed E-state index contributed by atoms with van der Waals surface area (Å²) in [6.45, 7) is 3.87. The second-order valence-electron chi connectivity index (χ2n) is 7.65. The van der Waals surface area contributed by atoms with Crippen molar-refractivity contribution in [2.45, 2.75) is 13.8 Å². The lowest BCUT2D eigenvalue weighted by Gasteiger charge is -2.12. The Morgan fingerprint density at radius 3 is 2.35 bits per heavy atom. The number of methoxy groups -OCH3 is 3. The monoisotopic (exact) mass is 462 g/mol. The molecule has 0 unspecified atom stereocenters. The molecule has 0 aliphatic rings. The van der Waals surface area contributed by atoms with E-state index in [4.69, 9.17) is 23.4 Å². The van der Waals surface area contributed by atoms with Gasteiger partial charge in [-0.2, -0.15) is 0 Å². The van der Waals surface area contributed by atoms with Crippen LogP contribution in [0.5, 0.6) is 23.0 Å². The van der Waals surface area contributed by atoms with Gasteiger partial charge in [-0.1, -0.05) is 12.1 Å². The van der Waals surface area contributed by atoms with E-state index in [1.54, 1.807) is 51.7 Å². The standard InChI is InChI=1S/C26H26N2O6/c1-15-7-6-8-20(16(15)2)33-14-24(29)27-18-9-10-21-19(13-18)28-26(34-21)17-11-22(30-3)25(32-5)23(12-17)31-4/h6-13H,14H2,1-5H3,(H,27,29). The molecule has 4 rings (SSSR count). The first kappa shape index (κ1) is 23.0. The van der Waals surface area contributed by atoms with Crippen LogP contribution in [0.3, 0.4) is 0 Å². The molecule has 0 spiro atoms. The van der Waals surface area contributed by atoms with Crippen molar-refractivity contribution >= 4 is 22.7 Å². The molecule has 0 fully saturated rings. The molecule has 4 aromatic rings. The normalized spacial score (nSPS) is 10.7. The summed E-state index contributed by atoms with van der Waals surface area (Å²) in [6, 6.07) is 14.5. The number of rotatable bonds is 8. The van der Waals surface area contributed by atoms with Gasteiger partial charge in [-0.25, -0.2) is 4.98 Å². The molecule has 0 saturated heterocycles. The van der Waals surface area contributed by atoms with E-state index in [2.05, 4.69) is 10.3 Å². The van der Waals surface area contributed by atoms with Gasteiger partial charge in [-0.3, -0.25) is 4.79 Å². The zero-order valence-corrected chi connectivity index (χ0v) is 19.7. The smallest absolute Gasteiger partial charge is 0.262 e. The summed E-state index contributed by atoms with van der Waals surface area (Å²) in [5, 5.41) is 2.84. The number of anilines is 1. The number of hydrogen-bond donors (Lipinski definition) is 1. The minimum atomic E-state index is -0.270. The van der Waals surface area contributed by atoms with Gasteiger partial charge in [0.25, 0.3) is 5.91 Å². The first-order valence-corrected chi connectivity index (χ1v) is 10.6. The van der Waals surface area contributed by atoms with E-state index in [1.165, 1.54) is 0 Å². The minimum absolute atomic E-state index is 0.0994. The number of ether oxygens (including phenoxy) is 4. The number of nitrogens with zero attached hydrogens (tertiary/aromatic N) is 1. The highest BCUT2D eigenvalue weighted by Crippen LogP contribution is 2.41. The molecule has 8 heteroatoms. The van der Waals surface area contributed by atoms with Crippen LogP contribution < -0.4 is 24.3 Å². The molecule has 0 bridgehead atoms. The van der Waals surface area contributed by atoms with Crippen LogP contribution in [0.4, 0.5) is 5.69 Å². The predicted molar refractivity (Wildman–Crippen MR) is 129 cm³/mol. The molecule has 0 atom stereocenters. The summed E-state index contributed by atoms with van der Waals surface area (Å²) in [4.78, 5) is 17.0. The van der Waals surface area contributed by atoms with Gasteiger partial charge in [-0.15, -0.1) is 0 Å². The number of amides is 1. The number of carbonyl (C=O) groups is 1. The van der Waals surface area contributed by atoms with Crippen molar-refractivity contribution in [2.24, 2.45) is 0 Å². The molecular weight excluding hydrogens is 436 g/mol. The number of carbonyl (C=O) groups excluding carboxylic acids is 1. The lowest BCUT2D eigenvalue weighted by atomic mass is 10.1. The fraction of sp³-hybridized carbons (Fsp3) is 0.231. The summed E-state index contributed by atoms with van der Waals surface area (Å²) in [6.07, 6.45) is 0. The van der Waals surface area contributed by atoms with E-state index >= 15 is 0 Å². The number of oxazole rings is 1. The molecule has 0 saturated carbocycles. The molecule has 1 amide bonds. The topological polar surface area (TPSA) is 92.1 Å². The van der Waals surface area contributed by atoms with E-state index in [0.29, 0.717) is 51.2 Å². The van der Waals surface area contributed by atoms with E-state index in [-0.39, 0.29) is 12.5 Å². The predicted octanol–water partition coefficient (Wildman–Crippen LogP) is 5.15. The second-order valence-corrected chi connectivity index (χ2v) is 7.65. The van der Waals surface area contributed by atoms with Crippen LogP contribution in [0.15, 0.2) is 52.9 Å². The minimum Gasteiger partial charge on any atom is -0.493 e. The Labute approximate surface area is 197 Å². The fourth-order valence-corrected chi connectivity index (χ4v) is 3.55. The number of hydrogen-bond acceptors (Lipinski definition) is 7. The molecular formula is C26H26N2O6. The Hall–Kier alpha value is -4.20. The van der Waals surface area contributed by atoms with Gasteiger partial charge >= 0.3 is 0 Å². The van der Waals surface area contributed by atoms with Gasteiger partial charge in [-0.05, 0) is 61.4 Å². The van der Waals surface area contributed by atoms with Gasteiger partial charge in [0, 0.05) is 11.3 Å². The second kappa shape index (κ2) is 9.74. The van der Waals surface area contributed by atoms with Crippen molar-refractivity contribution in [1.29, 1.82) is 0 Å². The van der Waals surface area contributed by atoms with E-state index in [9.17, 15) is 4.79 Å². The summed E-state index contributed by atoms with van der Waals surface area (Å²) >= 11 is 0. The molecule has 1 aromatic heterocycles. The third kappa shape index (κ3) is 4.61. The Morgan fingerprint density at radius 1 is 0.941 bits per heavy atom. The Balaban J connectivity index is 1.52. The van der Waals surface area contributed by atoms with Crippen molar-refractivity contribution < 1.29 is 28.2 Å². The average Bonchev–Trinajstić information content (AvgIpc) is 3.27. The molecule has 176 valence electrons. The lowest BCUT2D eigenvalue weighted by molar-refractivity contribution is -0.118. The Morgan fingerprint density at radius 2 is 1.68 bits per heavy atom. The quantitative estimate of drug-likeness (QED) is 0.387. The summed E-state index contributed by atoms with van der Waals surface area (Å²) in [7, 11) is 4.64. The Kier molecular flexibility index (Phi) is 6.58. The molecule has 0 aliphatic carbocycles. The van der Waals surface area contributed by atoms with Gasteiger partial charge in [0.2, 0.25) is 11.6 Å². The van der Waals surface area contributed by atoms with Crippen LogP contribution in [0.1, 0.15) is 11.1 Å². The highest BCUT2D eigenvalue weighted by Gasteiger charge is 2.18. The van der Waals surface area contributed by atoms with Crippen molar-refractivity contribution in [3.05, 3.63) is 59.7 Å². The SMILES string of the molecule is COc1cc(-c2nc3cc(NC(=O)COc4cccc(C)c4C)ccc3o2)cc(OC)c1OC. The zero-order chi connectivity index (χ0) is 24.2. The van der Waals surface area contributed by atoms with Crippen molar-refractivity contribution in [1.82, 2.24) is 4.98 Å². The van der Waals surface area contributed by atoms with Crippen molar-refractivity contribution in [3.63, 3.8) is 0 Å². The fourth-order valence-electron chi connectivity index (χ4n) is 3.55. The van der Waals surface area contributed by atoms with Gasteiger partial charge in [0.1, 0.15) is 11.3 Å². The molecule has 0 radical (unpaired) electrons. The third-order valence-corrected chi connectivity index (χ3v) is 5.50. The van der Waals surface area contributed by atoms with E-state index < -0.39 is 0 Å². The number of aromatic nitrogens is 1. The van der Waals surface area contributed by atoms with Gasteiger partial charge < -0.3 is 28.7 Å². The van der Waals surface area contributed by atoms with Crippen LogP contribution in [-0.2, 0) is 4.79 Å². The zero-order valence-electron chi connectivity index (χ0n) is 19.7. The van der Waals surface area contributed by atoms with Crippen LogP contribution in [-0.4, -0.2) is 38.8 Å². The summed E-state index contributed by atoms with van der Waals surface area (Å²) in [5.74, 6) is 2.28. The molecule has 8 nitrogen and oxygen atoms in total. The van der Waals surface area contributed by atoms with Crippen molar-refractivity contribution in [3.8, 4) is 34.5 Å². The summed E-state index contributed by atoms with van der Waals surface area (Å²) < 4.78 is 27.8. The first-order valence-electron chi connectivity index (χ1n) is 10.6. The van der Waals surface area contributed by atoms with E-state index in [0.717, 1.165) is 11.1 Å². The lowest BCUT2D eigenvalue weighted by Crippen LogP contribution is -2.20. The molecule has 1 N–H and O–H groups in total.